The number of aliphatic hydroxyl groups excluding tert-OH is 1. The molecule has 1 aliphatic rings. The molecule has 0 aromatic heterocycles. The third-order valence-corrected chi connectivity index (χ3v) is 1.26. The van der Waals surface area contributed by atoms with Gasteiger partial charge in [-0.05, 0) is 6.42 Å². The molecule has 3 N–H and O–H groups in total. The van der Waals surface area contributed by atoms with Crippen LogP contribution in [0.5, 0.6) is 0 Å². The molecule has 2 amide bonds. The first-order valence-corrected chi connectivity index (χ1v) is 3.51. The van der Waals surface area contributed by atoms with E-state index in [4.69, 9.17) is 5.11 Å². The van der Waals surface area contributed by atoms with E-state index in [0.717, 1.165) is 0 Å². The summed E-state index contributed by atoms with van der Waals surface area (Å²) in [5.41, 5.74) is 0. The minimum absolute atomic E-state index is 0.0404. The standard InChI is InChI=1S/C6H9N3O3/c10-3-1-2-7-6-8-4(11)5(12)9-6/h10H,1-3H2,(H2,7,8,9,11,12). The van der Waals surface area contributed by atoms with E-state index in [2.05, 4.69) is 15.6 Å². The summed E-state index contributed by atoms with van der Waals surface area (Å²) in [4.78, 5) is 24.9. The van der Waals surface area contributed by atoms with E-state index in [1.54, 1.807) is 0 Å². The van der Waals surface area contributed by atoms with Gasteiger partial charge in [0.2, 0.25) is 5.96 Å². The highest BCUT2D eigenvalue weighted by Gasteiger charge is 2.24. The first-order valence-electron chi connectivity index (χ1n) is 3.51. The van der Waals surface area contributed by atoms with Gasteiger partial charge in [0.1, 0.15) is 0 Å². The monoisotopic (exact) mass is 171 g/mol. The lowest BCUT2D eigenvalue weighted by atomic mass is 10.5. The lowest BCUT2D eigenvalue weighted by Crippen LogP contribution is -2.25. The molecule has 0 atom stereocenters. The van der Waals surface area contributed by atoms with Gasteiger partial charge in [-0.2, -0.15) is 0 Å². The van der Waals surface area contributed by atoms with Gasteiger partial charge in [0.05, 0.1) is 0 Å². The van der Waals surface area contributed by atoms with Crippen molar-refractivity contribution in [2.24, 2.45) is 4.99 Å². The number of rotatable bonds is 3. The second-order valence-corrected chi connectivity index (χ2v) is 2.22. The van der Waals surface area contributed by atoms with Crippen molar-refractivity contribution in [2.45, 2.75) is 6.42 Å². The predicted molar refractivity (Wildman–Crippen MR) is 40.3 cm³/mol. The van der Waals surface area contributed by atoms with Crippen molar-refractivity contribution in [3.05, 3.63) is 0 Å². The van der Waals surface area contributed by atoms with E-state index in [0.29, 0.717) is 13.0 Å². The maximum absolute atomic E-state index is 10.6. The average Bonchev–Trinajstić information content (AvgIpc) is 2.32. The number of carbonyl (C=O) groups excluding carboxylic acids is 2. The highest BCUT2D eigenvalue weighted by Crippen LogP contribution is 1.84. The Morgan fingerprint density at radius 3 is 2.33 bits per heavy atom. The highest BCUT2D eigenvalue weighted by atomic mass is 16.3. The van der Waals surface area contributed by atoms with Crippen LogP contribution in [0.1, 0.15) is 6.42 Å². The van der Waals surface area contributed by atoms with Crippen molar-refractivity contribution in [3.8, 4) is 0 Å². The lowest BCUT2D eigenvalue weighted by molar-refractivity contribution is -0.135. The van der Waals surface area contributed by atoms with Crippen LogP contribution in [0.2, 0.25) is 0 Å². The molecule has 1 fully saturated rings. The Bertz CT molecular complexity index is 218. The molecule has 0 aliphatic carbocycles. The Morgan fingerprint density at radius 1 is 1.25 bits per heavy atom. The fourth-order valence-corrected chi connectivity index (χ4v) is 0.700. The van der Waals surface area contributed by atoms with Crippen molar-refractivity contribution in [1.82, 2.24) is 10.6 Å². The summed E-state index contributed by atoms with van der Waals surface area (Å²) in [5, 5.41) is 12.9. The zero-order chi connectivity index (χ0) is 8.97. The molecule has 1 heterocycles. The summed E-state index contributed by atoms with van der Waals surface area (Å²) in [6.45, 7) is 0.422. The number of amides is 2. The zero-order valence-electron chi connectivity index (χ0n) is 6.33. The number of hydrogen-bond acceptors (Lipinski definition) is 4. The van der Waals surface area contributed by atoms with Crippen LogP contribution < -0.4 is 10.6 Å². The molecule has 1 aliphatic heterocycles. The van der Waals surface area contributed by atoms with Gasteiger partial charge in [-0.1, -0.05) is 0 Å². The molecule has 66 valence electrons. The first kappa shape index (κ1) is 8.66. The lowest BCUT2D eigenvalue weighted by Gasteiger charge is -1.94. The molecule has 12 heavy (non-hydrogen) atoms. The van der Waals surface area contributed by atoms with Crippen LogP contribution in [0.4, 0.5) is 0 Å². The van der Waals surface area contributed by atoms with Gasteiger partial charge < -0.3 is 5.11 Å². The van der Waals surface area contributed by atoms with E-state index >= 15 is 0 Å². The number of nitrogens with one attached hydrogen (secondary N) is 2. The summed E-state index contributed by atoms with van der Waals surface area (Å²) < 4.78 is 0. The van der Waals surface area contributed by atoms with E-state index in [9.17, 15) is 9.59 Å². The minimum atomic E-state index is -0.697. The quantitative estimate of drug-likeness (QED) is 0.338. The third kappa shape index (κ3) is 2.03. The molecule has 6 nitrogen and oxygen atoms in total. The molecular weight excluding hydrogens is 162 g/mol. The summed E-state index contributed by atoms with van der Waals surface area (Å²) in [5.74, 6) is -1.23. The van der Waals surface area contributed by atoms with Crippen LogP contribution in [0, 0.1) is 0 Å². The Morgan fingerprint density at radius 2 is 1.83 bits per heavy atom. The Balaban J connectivity index is 2.40. The normalized spacial score (nSPS) is 15.9. The maximum Gasteiger partial charge on any atom is 0.316 e. The molecule has 0 spiro atoms. The van der Waals surface area contributed by atoms with Crippen LogP contribution in [0.15, 0.2) is 4.99 Å². The van der Waals surface area contributed by atoms with Crippen molar-refractivity contribution in [3.63, 3.8) is 0 Å². The minimum Gasteiger partial charge on any atom is -0.396 e. The predicted octanol–water partition coefficient (Wildman–Crippen LogP) is -2.03. The summed E-state index contributed by atoms with van der Waals surface area (Å²) in [7, 11) is 0. The molecule has 1 rings (SSSR count). The largest absolute Gasteiger partial charge is 0.396 e. The molecule has 0 aromatic carbocycles. The second kappa shape index (κ2) is 3.82. The molecule has 0 aromatic rings. The van der Waals surface area contributed by atoms with E-state index in [-0.39, 0.29) is 12.6 Å². The van der Waals surface area contributed by atoms with Crippen molar-refractivity contribution in [2.75, 3.05) is 13.2 Å². The molecule has 0 saturated carbocycles. The highest BCUT2D eigenvalue weighted by molar-refractivity contribution is 6.45. The second-order valence-electron chi connectivity index (χ2n) is 2.22. The van der Waals surface area contributed by atoms with Crippen LogP contribution in [0.25, 0.3) is 0 Å². The summed E-state index contributed by atoms with van der Waals surface area (Å²) >= 11 is 0. The van der Waals surface area contributed by atoms with Gasteiger partial charge in [-0.15, -0.1) is 0 Å². The van der Waals surface area contributed by atoms with Crippen LogP contribution in [-0.2, 0) is 9.59 Å². The fourth-order valence-electron chi connectivity index (χ4n) is 0.700. The maximum atomic E-state index is 10.6. The van der Waals surface area contributed by atoms with Crippen LogP contribution in [0.3, 0.4) is 0 Å². The number of guanidine groups is 1. The number of carbonyl (C=O) groups is 2. The molecular formula is C6H9N3O3. The van der Waals surface area contributed by atoms with Crippen LogP contribution >= 0.6 is 0 Å². The topological polar surface area (TPSA) is 90.8 Å². The smallest absolute Gasteiger partial charge is 0.316 e. The van der Waals surface area contributed by atoms with E-state index in [1.807, 2.05) is 0 Å². The molecule has 1 saturated heterocycles. The van der Waals surface area contributed by atoms with Crippen LogP contribution in [-0.4, -0.2) is 36.0 Å². The Labute approximate surface area is 68.7 Å². The molecule has 6 heteroatoms. The number of nitrogens with zero attached hydrogens (tertiary/aromatic N) is 1. The van der Waals surface area contributed by atoms with E-state index in [1.165, 1.54) is 0 Å². The average molecular weight is 171 g/mol. The number of aliphatic imine (C=N–C) groups is 1. The van der Waals surface area contributed by atoms with Gasteiger partial charge in [-0.25, -0.2) is 0 Å². The number of hydrogen-bond donors (Lipinski definition) is 3. The third-order valence-electron chi connectivity index (χ3n) is 1.26. The Kier molecular flexibility index (Phi) is 2.76. The number of aliphatic hydroxyl groups is 1. The molecule has 0 radical (unpaired) electrons. The molecule has 0 unspecified atom stereocenters. The first-order chi connectivity index (χ1) is 5.74. The van der Waals surface area contributed by atoms with Crippen molar-refractivity contribution >= 4 is 17.8 Å². The summed E-state index contributed by atoms with van der Waals surface area (Å²) in [6, 6.07) is 0. The molecule has 0 bridgehead atoms. The van der Waals surface area contributed by atoms with Gasteiger partial charge in [0.15, 0.2) is 0 Å². The Hall–Kier alpha value is -1.43. The van der Waals surface area contributed by atoms with Crippen molar-refractivity contribution in [1.29, 1.82) is 0 Å². The van der Waals surface area contributed by atoms with Gasteiger partial charge in [0.25, 0.3) is 0 Å². The van der Waals surface area contributed by atoms with Gasteiger partial charge in [0, 0.05) is 13.2 Å². The zero-order valence-corrected chi connectivity index (χ0v) is 6.33. The summed E-state index contributed by atoms with van der Waals surface area (Å²) in [6.07, 6.45) is 0.509. The van der Waals surface area contributed by atoms with Gasteiger partial charge in [-0.3, -0.25) is 25.2 Å². The fraction of sp³-hybridized carbons (Fsp3) is 0.500. The van der Waals surface area contributed by atoms with E-state index < -0.39 is 11.8 Å². The van der Waals surface area contributed by atoms with Gasteiger partial charge >= 0.3 is 11.8 Å². The van der Waals surface area contributed by atoms with Crippen molar-refractivity contribution < 1.29 is 14.7 Å². The SMILES string of the molecule is O=C1NC(=NCCCO)NC1=O.